The molecule has 0 saturated carbocycles. The molecule has 0 aliphatic heterocycles. The molecule has 0 unspecified atom stereocenters. The van der Waals surface area contributed by atoms with Crippen LogP contribution < -0.4 is 5.56 Å². The van der Waals surface area contributed by atoms with E-state index in [0.29, 0.717) is 0 Å². The smallest absolute Gasteiger partial charge is 0.253 e. The Morgan fingerprint density at radius 2 is 2.23 bits per heavy atom. The predicted molar refractivity (Wildman–Crippen MR) is 53.8 cm³/mol. The third-order valence-corrected chi connectivity index (χ3v) is 2.60. The molecule has 1 aromatic heterocycles. The lowest BCUT2D eigenvalue weighted by Gasteiger charge is -2.15. The first-order valence-electron chi connectivity index (χ1n) is 4.56. The van der Waals surface area contributed by atoms with E-state index in [-0.39, 0.29) is 5.56 Å². The maximum Gasteiger partial charge on any atom is 0.253 e. The molecule has 2 heteroatoms. The molecule has 0 aromatic carbocycles. The number of pyridine rings is 1. The zero-order valence-electron chi connectivity index (χ0n) is 8.00. The Balaban J connectivity index is 2.76. The van der Waals surface area contributed by atoms with Crippen LogP contribution in [0.3, 0.4) is 0 Å². The van der Waals surface area contributed by atoms with Crippen LogP contribution in [0, 0.1) is 6.92 Å². The van der Waals surface area contributed by atoms with E-state index in [0.717, 1.165) is 24.1 Å². The number of allylic oxidation sites excluding steroid dienone is 1. The van der Waals surface area contributed by atoms with Crippen LogP contribution in [0.25, 0.3) is 6.08 Å². The van der Waals surface area contributed by atoms with Gasteiger partial charge in [0.2, 0.25) is 0 Å². The average Bonchev–Trinajstić information content (AvgIpc) is 2.15. The molecule has 1 aliphatic rings. The topological polar surface area (TPSA) is 22.0 Å². The largest absolute Gasteiger partial charge is 0.315 e. The second-order valence-corrected chi connectivity index (χ2v) is 3.53. The zero-order chi connectivity index (χ0) is 9.42. The number of aryl methyl sites for hydroxylation is 1. The summed E-state index contributed by atoms with van der Waals surface area (Å²) in [6.45, 7) is 1.87. The normalized spacial score (nSPS) is 14.3. The summed E-state index contributed by atoms with van der Waals surface area (Å²) < 4.78 is 1.77. The van der Waals surface area contributed by atoms with Gasteiger partial charge >= 0.3 is 0 Å². The maximum absolute atomic E-state index is 11.6. The minimum absolute atomic E-state index is 0.133. The fourth-order valence-electron chi connectivity index (χ4n) is 1.85. The van der Waals surface area contributed by atoms with Crippen molar-refractivity contribution in [1.29, 1.82) is 0 Å². The van der Waals surface area contributed by atoms with Crippen molar-refractivity contribution in [2.24, 2.45) is 7.05 Å². The number of nitrogens with zero attached hydrogens (tertiary/aromatic N) is 1. The molecule has 0 atom stereocenters. The van der Waals surface area contributed by atoms with E-state index in [1.54, 1.807) is 4.57 Å². The first-order valence-corrected chi connectivity index (χ1v) is 4.56. The van der Waals surface area contributed by atoms with Gasteiger partial charge in [-0.1, -0.05) is 12.2 Å². The van der Waals surface area contributed by atoms with E-state index in [9.17, 15) is 4.79 Å². The third kappa shape index (κ3) is 1.22. The van der Waals surface area contributed by atoms with E-state index >= 15 is 0 Å². The van der Waals surface area contributed by atoms with Gasteiger partial charge in [0.1, 0.15) is 0 Å². The molecule has 2 nitrogen and oxygen atoms in total. The molecule has 0 saturated heterocycles. The highest BCUT2D eigenvalue weighted by molar-refractivity contribution is 5.55. The van der Waals surface area contributed by atoms with E-state index in [4.69, 9.17) is 0 Å². The molecule has 13 heavy (non-hydrogen) atoms. The van der Waals surface area contributed by atoms with Crippen molar-refractivity contribution in [2.45, 2.75) is 19.8 Å². The number of hydrogen-bond acceptors (Lipinski definition) is 1. The molecule has 68 valence electrons. The first kappa shape index (κ1) is 8.30. The van der Waals surface area contributed by atoms with Gasteiger partial charge in [-0.15, -0.1) is 0 Å². The summed E-state index contributed by atoms with van der Waals surface area (Å²) in [5.74, 6) is 0. The third-order valence-electron chi connectivity index (χ3n) is 2.60. The Kier molecular flexibility index (Phi) is 1.83. The van der Waals surface area contributed by atoms with Crippen LogP contribution in [0.15, 0.2) is 16.9 Å². The van der Waals surface area contributed by atoms with Crippen LogP contribution in [0.5, 0.6) is 0 Å². The van der Waals surface area contributed by atoms with E-state index < -0.39 is 0 Å². The molecule has 0 bridgehead atoms. The van der Waals surface area contributed by atoms with Gasteiger partial charge in [0.25, 0.3) is 5.56 Å². The highest BCUT2D eigenvalue weighted by Crippen LogP contribution is 2.17. The van der Waals surface area contributed by atoms with E-state index in [1.165, 1.54) is 5.56 Å². The SMILES string of the molecule is Cc1cc2c(n(C)c1=O)CCC=C2. The molecule has 0 spiro atoms. The van der Waals surface area contributed by atoms with Crippen LogP contribution in [0.2, 0.25) is 0 Å². The van der Waals surface area contributed by atoms with Crippen LogP contribution >= 0.6 is 0 Å². The average molecular weight is 175 g/mol. The maximum atomic E-state index is 11.6. The summed E-state index contributed by atoms with van der Waals surface area (Å²) in [5, 5.41) is 0. The van der Waals surface area contributed by atoms with Crippen molar-refractivity contribution < 1.29 is 0 Å². The van der Waals surface area contributed by atoms with Gasteiger partial charge in [-0.2, -0.15) is 0 Å². The van der Waals surface area contributed by atoms with Gasteiger partial charge in [0.15, 0.2) is 0 Å². The second kappa shape index (κ2) is 2.87. The van der Waals surface area contributed by atoms with Crippen LogP contribution in [0.1, 0.15) is 23.2 Å². The van der Waals surface area contributed by atoms with Crippen molar-refractivity contribution in [3.05, 3.63) is 39.3 Å². The van der Waals surface area contributed by atoms with Crippen molar-refractivity contribution in [3.63, 3.8) is 0 Å². The van der Waals surface area contributed by atoms with E-state index in [1.807, 2.05) is 20.0 Å². The van der Waals surface area contributed by atoms with Crippen molar-refractivity contribution in [1.82, 2.24) is 4.57 Å². The number of aromatic nitrogens is 1. The fourth-order valence-corrected chi connectivity index (χ4v) is 1.85. The van der Waals surface area contributed by atoms with Crippen LogP contribution in [0.4, 0.5) is 0 Å². The number of fused-ring (bicyclic) bond motifs is 1. The van der Waals surface area contributed by atoms with Gasteiger partial charge in [0, 0.05) is 18.3 Å². The second-order valence-electron chi connectivity index (χ2n) is 3.53. The molecule has 0 N–H and O–H groups in total. The molecule has 1 heterocycles. The number of rotatable bonds is 0. The minimum Gasteiger partial charge on any atom is -0.315 e. The Hall–Kier alpha value is -1.31. The first-order chi connectivity index (χ1) is 6.20. The van der Waals surface area contributed by atoms with Crippen molar-refractivity contribution >= 4 is 6.08 Å². The molecule has 0 radical (unpaired) electrons. The van der Waals surface area contributed by atoms with Crippen LogP contribution in [-0.2, 0) is 13.5 Å². The molecule has 1 aromatic rings. The molecule has 0 amide bonds. The lowest BCUT2D eigenvalue weighted by Crippen LogP contribution is -2.24. The molecular formula is C11H13NO. The molecular weight excluding hydrogens is 162 g/mol. The fraction of sp³-hybridized carbons (Fsp3) is 0.364. The summed E-state index contributed by atoms with van der Waals surface area (Å²) in [4.78, 5) is 11.6. The summed E-state index contributed by atoms with van der Waals surface area (Å²) in [5.41, 5.74) is 3.32. The minimum atomic E-state index is 0.133. The number of hydrogen-bond donors (Lipinski definition) is 0. The Morgan fingerprint density at radius 3 is 3.00 bits per heavy atom. The zero-order valence-corrected chi connectivity index (χ0v) is 8.00. The van der Waals surface area contributed by atoms with Gasteiger partial charge < -0.3 is 4.57 Å². The van der Waals surface area contributed by atoms with E-state index in [2.05, 4.69) is 12.2 Å². The molecule has 2 rings (SSSR count). The summed E-state index contributed by atoms with van der Waals surface area (Å²) >= 11 is 0. The lowest BCUT2D eigenvalue weighted by molar-refractivity contribution is 0.748. The van der Waals surface area contributed by atoms with Crippen molar-refractivity contribution in [3.8, 4) is 0 Å². The van der Waals surface area contributed by atoms with Gasteiger partial charge in [0.05, 0.1) is 0 Å². The molecule has 0 fully saturated rings. The van der Waals surface area contributed by atoms with Gasteiger partial charge in [-0.3, -0.25) is 4.79 Å². The predicted octanol–water partition coefficient (Wildman–Crippen LogP) is 1.65. The lowest BCUT2D eigenvalue weighted by atomic mass is 10.0. The summed E-state index contributed by atoms with van der Waals surface area (Å²) in [7, 11) is 1.85. The van der Waals surface area contributed by atoms with Gasteiger partial charge in [-0.25, -0.2) is 0 Å². The Labute approximate surface area is 77.5 Å². The van der Waals surface area contributed by atoms with Crippen LogP contribution in [-0.4, -0.2) is 4.57 Å². The summed E-state index contributed by atoms with van der Waals surface area (Å²) in [6.07, 6.45) is 6.29. The standard InChI is InChI=1S/C11H13NO/c1-8-7-9-5-3-4-6-10(9)12(2)11(8)13/h3,5,7H,4,6H2,1-2H3. The van der Waals surface area contributed by atoms with Gasteiger partial charge in [-0.05, 0) is 31.4 Å². The summed E-state index contributed by atoms with van der Waals surface area (Å²) in [6, 6.07) is 1.98. The quantitative estimate of drug-likeness (QED) is 0.587. The highest BCUT2D eigenvalue weighted by atomic mass is 16.1. The highest BCUT2D eigenvalue weighted by Gasteiger charge is 2.09. The monoisotopic (exact) mass is 175 g/mol. The Morgan fingerprint density at radius 1 is 1.46 bits per heavy atom. The Bertz CT molecular complexity index is 426. The van der Waals surface area contributed by atoms with Crippen molar-refractivity contribution in [2.75, 3.05) is 0 Å². The molecule has 1 aliphatic carbocycles.